The van der Waals surface area contributed by atoms with E-state index in [1.54, 1.807) is 0 Å². The van der Waals surface area contributed by atoms with Gasteiger partial charge in [0.25, 0.3) is 0 Å². The molecule has 2 N–H and O–H groups in total. The van der Waals surface area contributed by atoms with Gasteiger partial charge in [-0.25, -0.2) is 0 Å². The molecule has 0 bridgehead atoms. The van der Waals surface area contributed by atoms with Crippen molar-refractivity contribution in [3.63, 3.8) is 0 Å². The van der Waals surface area contributed by atoms with Gasteiger partial charge in [0.2, 0.25) is 5.91 Å². The third-order valence-electron chi connectivity index (χ3n) is 3.27. The Morgan fingerprint density at radius 1 is 1.26 bits per heavy atom. The van der Waals surface area contributed by atoms with Crippen molar-refractivity contribution in [3.8, 4) is 0 Å². The fraction of sp³-hybridized carbons (Fsp3) is 0.562. The van der Waals surface area contributed by atoms with E-state index < -0.39 is 0 Å². The van der Waals surface area contributed by atoms with Crippen LogP contribution in [-0.2, 0) is 11.3 Å². The lowest BCUT2D eigenvalue weighted by Crippen LogP contribution is -2.30. The van der Waals surface area contributed by atoms with E-state index in [1.807, 2.05) is 0 Å². The van der Waals surface area contributed by atoms with Crippen LogP contribution < -0.4 is 10.6 Å². The van der Waals surface area contributed by atoms with Crippen LogP contribution in [-0.4, -0.2) is 19.0 Å². The molecule has 1 rings (SSSR count). The Balaban J connectivity index is 2.24. The van der Waals surface area contributed by atoms with E-state index in [0.717, 1.165) is 19.6 Å². The van der Waals surface area contributed by atoms with Crippen LogP contribution in [0.3, 0.4) is 0 Å². The molecule has 1 amide bonds. The Morgan fingerprint density at radius 3 is 2.68 bits per heavy atom. The summed E-state index contributed by atoms with van der Waals surface area (Å²) in [5, 5.41) is 6.25. The average Bonchev–Trinajstić information content (AvgIpc) is 2.37. The second kappa shape index (κ2) is 7.95. The molecule has 0 aromatic heterocycles. The number of rotatable bonds is 7. The number of amides is 1. The maximum Gasteiger partial charge on any atom is 0.221 e. The summed E-state index contributed by atoms with van der Waals surface area (Å²) >= 11 is 0. The van der Waals surface area contributed by atoms with Crippen molar-refractivity contribution in [2.75, 3.05) is 13.1 Å². The third-order valence-corrected chi connectivity index (χ3v) is 3.27. The zero-order valence-electron chi connectivity index (χ0n) is 12.5. The Bertz CT molecular complexity index is 413. The van der Waals surface area contributed by atoms with Crippen LogP contribution in [0.25, 0.3) is 0 Å². The summed E-state index contributed by atoms with van der Waals surface area (Å²) < 4.78 is 0. The zero-order chi connectivity index (χ0) is 14.3. The van der Waals surface area contributed by atoms with Crippen LogP contribution in [0.1, 0.15) is 37.0 Å². The van der Waals surface area contributed by atoms with E-state index in [4.69, 9.17) is 0 Å². The van der Waals surface area contributed by atoms with Gasteiger partial charge in [-0.1, -0.05) is 32.0 Å². The fourth-order valence-corrected chi connectivity index (χ4v) is 1.83. The third kappa shape index (κ3) is 5.88. The predicted molar refractivity (Wildman–Crippen MR) is 80.1 cm³/mol. The van der Waals surface area contributed by atoms with Crippen LogP contribution in [0.2, 0.25) is 0 Å². The van der Waals surface area contributed by atoms with Gasteiger partial charge >= 0.3 is 0 Å². The molecule has 0 unspecified atom stereocenters. The van der Waals surface area contributed by atoms with E-state index in [9.17, 15) is 4.79 Å². The second-order valence-corrected chi connectivity index (χ2v) is 5.48. The molecule has 1 aromatic carbocycles. The molecule has 3 nitrogen and oxygen atoms in total. The van der Waals surface area contributed by atoms with Gasteiger partial charge in [-0.3, -0.25) is 4.79 Å². The highest BCUT2D eigenvalue weighted by atomic mass is 16.1. The quantitative estimate of drug-likeness (QED) is 0.742. The van der Waals surface area contributed by atoms with Crippen LogP contribution in [0, 0.1) is 19.8 Å². The second-order valence-electron chi connectivity index (χ2n) is 5.48. The first-order chi connectivity index (χ1) is 9.00. The number of benzene rings is 1. The lowest BCUT2D eigenvalue weighted by Gasteiger charge is -2.10. The summed E-state index contributed by atoms with van der Waals surface area (Å²) in [6.07, 6.45) is 0.539. The minimum absolute atomic E-state index is 0.127. The van der Waals surface area contributed by atoms with Crippen molar-refractivity contribution in [2.24, 2.45) is 5.92 Å². The van der Waals surface area contributed by atoms with E-state index in [1.165, 1.54) is 16.7 Å². The predicted octanol–water partition coefficient (Wildman–Crippen LogP) is 2.56. The van der Waals surface area contributed by atoms with E-state index in [2.05, 4.69) is 56.5 Å². The molecule has 0 saturated carbocycles. The van der Waals surface area contributed by atoms with Crippen molar-refractivity contribution in [1.29, 1.82) is 0 Å². The molecule has 3 heteroatoms. The molecule has 1 aromatic rings. The van der Waals surface area contributed by atoms with Gasteiger partial charge in [-0.15, -0.1) is 0 Å². The van der Waals surface area contributed by atoms with Crippen LogP contribution in [0.5, 0.6) is 0 Å². The van der Waals surface area contributed by atoms with E-state index in [0.29, 0.717) is 12.3 Å². The summed E-state index contributed by atoms with van der Waals surface area (Å²) in [6.45, 7) is 10.8. The molecule has 106 valence electrons. The maximum absolute atomic E-state index is 11.5. The molecule has 19 heavy (non-hydrogen) atoms. The van der Waals surface area contributed by atoms with Gasteiger partial charge in [0.1, 0.15) is 0 Å². The molecule has 0 atom stereocenters. The fourth-order valence-electron chi connectivity index (χ4n) is 1.83. The van der Waals surface area contributed by atoms with Crippen molar-refractivity contribution in [2.45, 2.75) is 40.7 Å². The van der Waals surface area contributed by atoms with E-state index >= 15 is 0 Å². The number of nitrogens with one attached hydrogen (secondary N) is 2. The minimum Gasteiger partial charge on any atom is -0.356 e. The molecule has 0 aliphatic heterocycles. The molecule has 0 radical (unpaired) electrons. The SMILES string of the molecule is Cc1cccc(CNCCC(=O)NCC(C)C)c1C. The van der Waals surface area contributed by atoms with Gasteiger partial charge in [0.05, 0.1) is 0 Å². The molecular weight excluding hydrogens is 236 g/mol. The maximum atomic E-state index is 11.5. The normalized spacial score (nSPS) is 10.8. The van der Waals surface area contributed by atoms with Crippen molar-refractivity contribution >= 4 is 5.91 Å². The largest absolute Gasteiger partial charge is 0.356 e. The molecule has 0 heterocycles. The summed E-state index contributed by atoms with van der Waals surface area (Å²) in [5.41, 5.74) is 3.95. The summed E-state index contributed by atoms with van der Waals surface area (Å²) in [7, 11) is 0. The number of carbonyl (C=O) groups excluding carboxylic acids is 1. The van der Waals surface area contributed by atoms with Crippen molar-refractivity contribution < 1.29 is 4.79 Å². The lowest BCUT2D eigenvalue weighted by molar-refractivity contribution is -0.121. The van der Waals surface area contributed by atoms with Gasteiger partial charge in [-0.2, -0.15) is 0 Å². The zero-order valence-corrected chi connectivity index (χ0v) is 12.5. The first kappa shape index (κ1) is 15.7. The molecule has 0 saturated heterocycles. The summed E-state index contributed by atoms with van der Waals surface area (Å²) in [5.74, 6) is 0.633. The van der Waals surface area contributed by atoms with Crippen LogP contribution >= 0.6 is 0 Å². The lowest BCUT2D eigenvalue weighted by atomic mass is 10.0. The van der Waals surface area contributed by atoms with Gasteiger partial charge < -0.3 is 10.6 Å². The molecule has 0 fully saturated rings. The van der Waals surface area contributed by atoms with Crippen molar-refractivity contribution in [1.82, 2.24) is 10.6 Å². The van der Waals surface area contributed by atoms with Gasteiger partial charge in [0.15, 0.2) is 0 Å². The number of hydrogen-bond donors (Lipinski definition) is 2. The van der Waals surface area contributed by atoms with Crippen molar-refractivity contribution in [3.05, 3.63) is 34.9 Å². The Kier molecular flexibility index (Phi) is 6.57. The highest BCUT2D eigenvalue weighted by Gasteiger charge is 2.03. The number of carbonyl (C=O) groups is 1. The van der Waals surface area contributed by atoms with Gasteiger partial charge in [-0.05, 0) is 36.5 Å². The van der Waals surface area contributed by atoms with Crippen LogP contribution in [0.4, 0.5) is 0 Å². The molecule has 0 aliphatic carbocycles. The summed E-state index contributed by atoms with van der Waals surface area (Å²) in [6, 6.07) is 6.33. The Hall–Kier alpha value is -1.35. The molecule has 0 aliphatic rings. The number of hydrogen-bond acceptors (Lipinski definition) is 2. The monoisotopic (exact) mass is 262 g/mol. The first-order valence-electron chi connectivity index (χ1n) is 7.03. The Morgan fingerprint density at radius 2 is 2.00 bits per heavy atom. The standard InChI is InChI=1S/C16H26N2O/c1-12(2)10-18-16(19)8-9-17-11-15-7-5-6-13(3)14(15)4/h5-7,12,17H,8-11H2,1-4H3,(H,18,19). The van der Waals surface area contributed by atoms with E-state index in [-0.39, 0.29) is 5.91 Å². The highest BCUT2D eigenvalue weighted by molar-refractivity contribution is 5.76. The number of aryl methyl sites for hydroxylation is 1. The van der Waals surface area contributed by atoms with Crippen LogP contribution in [0.15, 0.2) is 18.2 Å². The van der Waals surface area contributed by atoms with Gasteiger partial charge in [0, 0.05) is 26.1 Å². The summed E-state index contributed by atoms with van der Waals surface area (Å²) in [4.78, 5) is 11.5. The first-order valence-corrected chi connectivity index (χ1v) is 7.03. The topological polar surface area (TPSA) is 41.1 Å². The average molecular weight is 262 g/mol. The smallest absolute Gasteiger partial charge is 0.221 e. The highest BCUT2D eigenvalue weighted by Crippen LogP contribution is 2.11. The minimum atomic E-state index is 0.127. The Labute approximate surface area is 116 Å². The molecule has 0 spiro atoms. The molecular formula is C16H26N2O.